The van der Waals surface area contributed by atoms with Gasteiger partial charge in [-0.2, -0.15) is 0 Å². The van der Waals surface area contributed by atoms with Gasteiger partial charge in [-0.05, 0) is 24.6 Å². The molecule has 2 rings (SSSR count). The standard InChI is InChI=1S/C11H16BN3S/c1-16-10-9(12)7-13-11(15-10)14-8-5-3-2-4-6-8/h7-8H,2-6H2,1H3,(H,13,14,15). The third-order valence-electron chi connectivity index (χ3n) is 2.91. The number of aromatic nitrogens is 2. The molecule has 0 aliphatic heterocycles. The highest BCUT2D eigenvalue weighted by molar-refractivity contribution is 7.98. The summed E-state index contributed by atoms with van der Waals surface area (Å²) >= 11 is 1.56. The minimum absolute atomic E-state index is 0.534. The first-order chi connectivity index (χ1) is 7.79. The monoisotopic (exact) mass is 233 g/mol. The van der Waals surface area contributed by atoms with Gasteiger partial charge in [0, 0.05) is 12.2 Å². The van der Waals surface area contributed by atoms with E-state index in [0.29, 0.717) is 17.5 Å². The third-order valence-corrected chi connectivity index (χ3v) is 3.63. The summed E-state index contributed by atoms with van der Waals surface area (Å²) in [4.78, 5) is 8.62. The molecule has 1 aliphatic rings. The number of rotatable bonds is 3. The Bertz CT molecular complexity index is 353. The van der Waals surface area contributed by atoms with Crippen molar-refractivity contribution in [2.75, 3.05) is 11.6 Å². The maximum Gasteiger partial charge on any atom is 0.223 e. The summed E-state index contributed by atoms with van der Waals surface area (Å²) in [5, 5.41) is 4.25. The van der Waals surface area contributed by atoms with Gasteiger partial charge in [0.15, 0.2) is 0 Å². The molecule has 0 amide bonds. The Morgan fingerprint density at radius 3 is 2.81 bits per heavy atom. The van der Waals surface area contributed by atoms with E-state index in [9.17, 15) is 0 Å². The molecule has 5 heteroatoms. The maximum absolute atomic E-state index is 5.76. The third kappa shape index (κ3) is 2.91. The number of thioether (sulfide) groups is 1. The lowest BCUT2D eigenvalue weighted by molar-refractivity contribution is 0.460. The Morgan fingerprint density at radius 2 is 2.12 bits per heavy atom. The first kappa shape index (κ1) is 11.8. The van der Waals surface area contributed by atoms with Crippen LogP contribution in [-0.2, 0) is 0 Å². The van der Waals surface area contributed by atoms with Crippen LogP contribution in [0.4, 0.5) is 5.95 Å². The van der Waals surface area contributed by atoms with E-state index in [0.717, 1.165) is 5.03 Å². The number of hydrogen-bond acceptors (Lipinski definition) is 4. The minimum atomic E-state index is 0.534. The molecule has 1 aliphatic carbocycles. The smallest absolute Gasteiger partial charge is 0.223 e. The van der Waals surface area contributed by atoms with E-state index >= 15 is 0 Å². The number of hydrogen-bond donors (Lipinski definition) is 1. The SMILES string of the molecule is [B]c1cnc(NC2CCCCC2)nc1SC. The second-order valence-corrected chi connectivity index (χ2v) is 4.93. The summed E-state index contributed by atoms with van der Waals surface area (Å²) in [5.41, 5.74) is 0.654. The lowest BCUT2D eigenvalue weighted by atomic mass is 9.96. The second kappa shape index (κ2) is 5.57. The highest BCUT2D eigenvalue weighted by Gasteiger charge is 2.14. The molecule has 1 aromatic heterocycles. The fourth-order valence-corrected chi connectivity index (χ4v) is 2.50. The molecule has 0 aromatic carbocycles. The van der Waals surface area contributed by atoms with Crippen LogP contribution >= 0.6 is 11.8 Å². The Morgan fingerprint density at radius 1 is 1.38 bits per heavy atom. The van der Waals surface area contributed by atoms with Gasteiger partial charge in [-0.15, -0.1) is 11.8 Å². The molecule has 0 atom stereocenters. The molecule has 84 valence electrons. The highest BCUT2D eigenvalue weighted by atomic mass is 32.2. The van der Waals surface area contributed by atoms with Crippen LogP contribution in [0, 0.1) is 0 Å². The van der Waals surface area contributed by atoms with Crippen molar-refractivity contribution in [3.05, 3.63) is 6.20 Å². The molecule has 0 unspecified atom stereocenters. The molecule has 1 saturated carbocycles. The fraction of sp³-hybridized carbons (Fsp3) is 0.636. The summed E-state index contributed by atoms with van der Waals surface area (Å²) in [5.74, 6) is 0.713. The molecule has 2 radical (unpaired) electrons. The summed E-state index contributed by atoms with van der Waals surface area (Å²) in [6.07, 6.45) is 10.1. The van der Waals surface area contributed by atoms with Crippen LogP contribution in [0.5, 0.6) is 0 Å². The van der Waals surface area contributed by atoms with Crippen molar-refractivity contribution in [3.63, 3.8) is 0 Å². The second-order valence-electron chi connectivity index (χ2n) is 4.14. The van der Waals surface area contributed by atoms with E-state index in [-0.39, 0.29) is 0 Å². The molecule has 0 spiro atoms. The zero-order valence-corrected chi connectivity index (χ0v) is 10.4. The molecule has 0 bridgehead atoms. The average molecular weight is 233 g/mol. The van der Waals surface area contributed by atoms with Crippen LogP contribution in [0.1, 0.15) is 32.1 Å². The van der Waals surface area contributed by atoms with E-state index in [1.54, 1.807) is 18.0 Å². The predicted molar refractivity (Wildman–Crippen MR) is 69.7 cm³/mol. The summed E-state index contributed by atoms with van der Waals surface area (Å²) in [6.45, 7) is 0. The van der Waals surface area contributed by atoms with Crippen LogP contribution in [0.25, 0.3) is 0 Å². The molecule has 16 heavy (non-hydrogen) atoms. The Hall–Kier alpha value is -0.705. The van der Waals surface area contributed by atoms with E-state index in [1.165, 1.54) is 32.1 Å². The molecule has 1 aromatic rings. The zero-order chi connectivity index (χ0) is 11.4. The van der Waals surface area contributed by atoms with E-state index in [1.807, 2.05) is 6.26 Å². The Kier molecular flexibility index (Phi) is 4.10. The first-order valence-corrected chi connectivity index (χ1v) is 6.95. The largest absolute Gasteiger partial charge is 0.351 e. The van der Waals surface area contributed by atoms with Crippen LogP contribution in [0.3, 0.4) is 0 Å². The van der Waals surface area contributed by atoms with Crippen LogP contribution in [0.2, 0.25) is 0 Å². The van der Waals surface area contributed by atoms with Crippen molar-refractivity contribution in [3.8, 4) is 0 Å². The minimum Gasteiger partial charge on any atom is -0.351 e. The first-order valence-electron chi connectivity index (χ1n) is 5.72. The molecule has 1 heterocycles. The summed E-state index contributed by atoms with van der Waals surface area (Å²) < 4.78 is 0. The molecule has 3 nitrogen and oxygen atoms in total. The van der Waals surface area contributed by atoms with Crippen molar-refractivity contribution in [2.24, 2.45) is 0 Å². The van der Waals surface area contributed by atoms with Crippen molar-refractivity contribution < 1.29 is 0 Å². The molecule has 0 saturated heterocycles. The lowest BCUT2D eigenvalue weighted by Crippen LogP contribution is -2.24. The highest BCUT2D eigenvalue weighted by Crippen LogP contribution is 2.20. The van der Waals surface area contributed by atoms with Gasteiger partial charge in [0.25, 0.3) is 0 Å². The van der Waals surface area contributed by atoms with E-state index < -0.39 is 0 Å². The van der Waals surface area contributed by atoms with Gasteiger partial charge >= 0.3 is 0 Å². The summed E-state index contributed by atoms with van der Waals surface area (Å²) in [7, 11) is 5.76. The lowest BCUT2D eigenvalue weighted by Gasteiger charge is -2.22. The van der Waals surface area contributed by atoms with Gasteiger partial charge in [-0.1, -0.05) is 19.3 Å². The predicted octanol–water partition coefficient (Wildman–Crippen LogP) is 1.74. The zero-order valence-electron chi connectivity index (χ0n) is 9.57. The van der Waals surface area contributed by atoms with Gasteiger partial charge in [0.2, 0.25) is 5.95 Å². The van der Waals surface area contributed by atoms with Crippen LogP contribution in [0.15, 0.2) is 11.2 Å². The maximum atomic E-state index is 5.76. The Balaban J connectivity index is 2.03. The van der Waals surface area contributed by atoms with Gasteiger partial charge < -0.3 is 5.32 Å². The van der Waals surface area contributed by atoms with Crippen molar-refractivity contribution >= 4 is 31.0 Å². The quantitative estimate of drug-likeness (QED) is 0.490. The van der Waals surface area contributed by atoms with E-state index in [2.05, 4.69) is 15.3 Å². The van der Waals surface area contributed by atoms with Gasteiger partial charge in [-0.25, -0.2) is 9.97 Å². The molecule has 1 fully saturated rings. The Labute approximate surface area is 102 Å². The average Bonchev–Trinajstić information content (AvgIpc) is 2.33. The van der Waals surface area contributed by atoms with Gasteiger partial charge in [0.1, 0.15) is 7.85 Å². The normalized spacial score (nSPS) is 17.3. The van der Waals surface area contributed by atoms with Gasteiger partial charge in [0.05, 0.1) is 5.03 Å². The molecular formula is C11H16BN3S. The summed E-state index contributed by atoms with van der Waals surface area (Å²) in [6, 6.07) is 0.534. The van der Waals surface area contributed by atoms with Crippen LogP contribution < -0.4 is 10.8 Å². The van der Waals surface area contributed by atoms with Crippen molar-refractivity contribution in [1.82, 2.24) is 9.97 Å². The fourth-order valence-electron chi connectivity index (χ4n) is 2.04. The number of nitrogens with one attached hydrogen (secondary N) is 1. The van der Waals surface area contributed by atoms with Gasteiger partial charge in [-0.3, -0.25) is 0 Å². The topological polar surface area (TPSA) is 37.8 Å². The number of nitrogens with zero attached hydrogens (tertiary/aromatic N) is 2. The molecule has 1 N–H and O–H groups in total. The van der Waals surface area contributed by atoms with Crippen molar-refractivity contribution in [2.45, 2.75) is 43.2 Å². The van der Waals surface area contributed by atoms with E-state index in [4.69, 9.17) is 7.85 Å². The van der Waals surface area contributed by atoms with Crippen LogP contribution in [-0.4, -0.2) is 30.1 Å². The molecular weight excluding hydrogens is 217 g/mol. The van der Waals surface area contributed by atoms with Crippen molar-refractivity contribution in [1.29, 1.82) is 0 Å². The number of anilines is 1.